The van der Waals surface area contributed by atoms with Crippen LogP contribution in [-0.2, 0) is 0 Å². The summed E-state index contributed by atoms with van der Waals surface area (Å²) in [6.07, 6.45) is 0. The average molecular weight is 405 g/mol. The molecule has 112 valence electrons. The van der Waals surface area contributed by atoms with Crippen molar-refractivity contribution in [2.75, 3.05) is 6.54 Å². The lowest BCUT2D eigenvalue weighted by Crippen LogP contribution is -2.24. The minimum atomic E-state index is -0.607. The summed E-state index contributed by atoms with van der Waals surface area (Å²) < 4.78 is 41.5. The van der Waals surface area contributed by atoms with Gasteiger partial charge in [-0.25, -0.2) is 13.2 Å². The molecule has 0 aliphatic rings. The van der Waals surface area contributed by atoms with Crippen LogP contribution in [0.15, 0.2) is 30.3 Å². The van der Waals surface area contributed by atoms with Gasteiger partial charge in [-0.05, 0) is 65.4 Å². The molecule has 1 N–H and O–H groups in total. The van der Waals surface area contributed by atoms with Gasteiger partial charge in [-0.3, -0.25) is 0 Å². The molecule has 2 aromatic carbocycles. The number of hydrogen-bond acceptors (Lipinski definition) is 1. The van der Waals surface area contributed by atoms with Crippen LogP contribution in [-0.4, -0.2) is 6.54 Å². The summed E-state index contributed by atoms with van der Waals surface area (Å²) in [7, 11) is 0. The quantitative estimate of drug-likeness (QED) is 0.727. The number of benzene rings is 2. The molecular formula is C16H15F3IN. The van der Waals surface area contributed by atoms with Gasteiger partial charge in [-0.1, -0.05) is 13.0 Å². The molecule has 2 aromatic rings. The van der Waals surface area contributed by atoms with Gasteiger partial charge in [0.1, 0.15) is 17.5 Å². The molecule has 0 aliphatic carbocycles. The lowest BCUT2D eigenvalue weighted by Gasteiger charge is -2.21. The molecule has 0 aromatic heterocycles. The van der Waals surface area contributed by atoms with E-state index in [9.17, 15) is 13.2 Å². The Morgan fingerprint density at radius 3 is 2.38 bits per heavy atom. The van der Waals surface area contributed by atoms with E-state index in [4.69, 9.17) is 0 Å². The lowest BCUT2D eigenvalue weighted by atomic mass is 9.96. The maximum absolute atomic E-state index is 14.1. The molecule has 1 unspecified atom stereocenters. The molecule has 21 heavy (non-hydrogen) atoms. The van der Waals surface area contributed by atoms with Gasteiger partial charge in [0.2, 0.25) is 0 Å². The molecule has 0 radical (unpaired) electrons. The largest absolute Gasteiger partial charge is 0.306 e. The smallest absolute Gasteiger partial charge is 0.131 e. The van der Waals surface area contributed by atoms with E-state index in [1.807, 2.05) is 29.5 Å². The van der Waals surface area contributed by atoms with E-state index in [2.05, 4.69) is 5.32 Å². The first kappa shape index (κ1) is 16.3. The van der Waals surface area contributed by atoms with Crippen LogP contribution in [0.5, 0.6) is 0 Å². The molecular weight excluding hydrogens is 390 g/mol. The highest BCUT2D eigenvalue weighted by Crippen LogP contribution is 2.30. The van der Waals surface area contributed by atoms with Crippen molar-refractivity contribution in [2.24, 2.45) is 0 Å². The highest BCUT2D eigenvalue weighted by molar-refractivity contribution is 14.1. The van der Waals surface area contributed by atoms with Crippen LogP contribution in [0.1, 0.15) is 29.7 Å². The Labute approximate surface area is 135 Å². The Balaban J connectivity index is 2.55. The predicted octanol–water partition coefficient (Wildman–Crippen LogP) is 4.72. The fraction of sp³-hybridized carbons (Fsp3) is 0.250. The third kappa shape index (κ3) is 3.58. The Bertz CT molecular complexity index is 658. The zero-order valence-corrected chi connectivity index (χ0v) is 13.8. The van der Waals surface area contributed by atoms with Crippen molar-refractivity contribution in [1.29, 1.82) is 0 Å². The second kappa shape index (κ2) is 6.79. The second-order valence-electron chi connectivity index (χ2n) is 4.78. The van der Waals surface area contributed by atoms with E-state index in [0.29, 0.717) is 21.2 Å². The summed E-state index contributed by atoms with van der Waals surface area (Å²) in [6.45, 7) is 4.10. The van der Waals surface area contributed by atoms with Crippen LogP contribution in [0.2, 0.25) is 0 Å². The predicted molar refractivity (Wildman–Crippen MR) is 85.7 cm³/mol. The van der Waals surface area contributed by atoms with Crippen LogP contribution in [0.4, 0.5) is 13.2 Å². The molecule has 1 nitrogen and oxygen atoms in total. The van der Waals surface area contributed by atoms with Crippen molar-refractivity contribution >= 4 is 22.6 Å². The monoisotopic (exact) mass is 405 g/mol. The normalized spacial score (nSPS) is 12.5. The highest BCUT2D eigenvalue weighted by Gasteiger charge is 2.21. The van der Waals surface area contributed by atoms with Crippen molar-refractivity contribution < 1.29 is 13.2 Å². The van der Waals surface area contributed by atoms with Gasteiger partial charge in [0.25, 0.3) is 0 Å². The first-order valence-electron chi connectivity index (χ1n) is 6.58. The molecule has 0 spiro atoms. The number of hydrogen-bond donors (Lipinski definition) is 1. The minimum absolute atomic E-state index is 0.339. The Hall–Kier alpha value is -1.08. The van der Waals surface area contributed by atoms with Crippen molar-refractivity contribution in [3.63, 3.8) is 0 Å². The third-order valence-electron chi connectivity index (χ3n) is 3.27. The van der Waals surface area contributed by atoms with Crippen LogP contribution < -0.4 is 5.32 Å². The summed E-state index contributed by atoms with van der Waals surface area (Å²) in [5.41, 5.74) is 1.51. The molecule has 0 bridgehead atoms. The first-order chi connectivity index (χ1) is 9.93. The Morgan fingerprint density at radius 2 is 1.76 bits per heavy atom. The van der Waals surface area contributed by atoms with Crippen molar-refractivity contribution in [1.82, 2.24) is 5.32 Å². The second-order valence-corrected chi connectivity index (χ2v) is 5.94. The molecule has 0 fully saturated rings. The number of halogens is 4. The summed E-state index contributed by atoms with van der Waals surface area (Å²) in [5.74, 6) is -1.52. The zero-order chi connectivity index (χ0) is 15.6. The van der Waals surface area contributed by atoms with Gasteiger partial charge in [-0.15, -0.1) is 0 Å². The number of aryl methyl sites for hydroxylation is 1. The third-order valence-corrected chi connectivity index (χ3v) is 4.20. The Morgan fingerprint density at radius 1 is 1.05 bits per heavy atom. The molecule has 2 rings (SSSR count). The van der Waals surface area contributed by atoms with Gasteiger partial charge in [0.15, 0.2) is 0 Å². The van der Waals surface area contributed by atoms with E-state index in [-0.39, 0.29) is 5.82 Å². The molecule has 0 saturated heterocycles. The number of nitrogens with one attached hydrogen (secondary N) is 1. The van der Waals surface area contributed by atoms with Gasteiger partial charge < -0.3 is 5.32 Å². The molecule has 0 aliphatic heterocycles. The standard InChI is InChI=1S/C16H15F3IN/c1-3-21-16(11-5-4-10(17)7-15(11)20)12-6-9(2)13(18)8-14(12)19/h4-8,16,21H,3H2,1-2H3. The summed E-state index contributed by atoms with van der Waals surface area (Å²) >= 11 is 2.02. The van der Waals surface area contributed by atoms with Gasteiger partial charge >= 0.3 is 0 Å². The first-order valence-corrected chi connectivity index (χ1v) is 7.65. The van der Waals surface area contributed by atoms with Gasteiger partial charge in [0, 0.05) is 15.2 Å². The summed E-state index contributed by atoms with van der Waals surface area (Å²) in [5, 5.41) is 3.17. The number of rotatable bonds is 4. The maximum atomic E-state index is 14.1. The molecule has 5 heteroatoms. The fourth-order valence-electron chi connectivity index (χ4n) is 2.23. The van der Waals surface area contributed by atoms with Gasteiger partial charge in [0.05, 0.1) is 6.04 Å². The topological polar surface area (TPSA) is 12.0 Å². The van der Waals surface area contributed by atoms with E-state index < -0.39 is 17.7 Å². The van der Waals surface area contributed by atoms with Crippen molar-refractivity contribution in [2.45, 2.75) is 19.9 Å². The van der Waals surface area contributed by atoms with Crippen LogP contribution >= 0.6 is 22.6 Å². The SMILES string of the molecule is CCNC(c1cc(C)c(F)cc1F)c1ccc(F)cc1I. The summed E-state index contributed by atoms with van der Waals surface area (Å²) in [6, 6.07) is 6.32. The van der Waals surface area contributed by atoms with Gasteiger partial charge in [-0.2, -0.15) is 0 Å². The lowest BCUT2D eigenvalue weighted by molar-refractivity contribution is 0.536. The Kier molecular flexibility index (Phi) is 5.27. The zero-order valence-electron chi connectivity index (χ0n) is 11.7. The van der Waals surface area contributed by atoms with E-state index in [1.54, 1.807) is 13.0 Å². The molecule has 0 saturated carbocycles. The molecule has 0 amide bonds. The maximum Gasteiger partial charge on any atom is 0.131 e. The van der Waals surface area contributed by atoms with Crippen LogP contribution in [0, 0.1) is 27.9 Å². The summed E-state index contributed by atoms with van der Waals surface area (Å²) in [4.78, 5) is 0. The molecule has 0 heterocycles. The fourth-order valence-corrected chi connectivity index (χ4v) is 3.02. The van der Waals surface area contributed by atoms with Crippen LogP contribution in [0.3, 0.4) is 0 Å². The average Bonchev–Trinajstić information content (AvgIpc) is 2.41. The van der Waals surface area contributed by atoms with Crippen molar-refractivity contribution in [3.8, 4) is 0 Å². The van der Waals surface area contributed by atoms with E-state index in [0.717, 1.165) is 11.6 Å². The minimum Gasteiger partial charge on any atom is -0.306 e. The van der Waals surface area contributed by atoms with Crippen LogP contribution in [0.25, 0.3) is 0 Å². The molecule has 1 atom stereocenters. The van der Waals surface area contributed by atoms with Crippen molar-refractivity contribution in [3.05, 3.63) is 68.0 Å². The van der Waals surface area contributed by atoms with E-state index >= 15 is 0 Å². The van der Waals surface area contributed by atoms with E-state index in [1.165, 1.54) is 18.2 Å². The highest BCUT2D eigenvalue weighted by atomic mass is 127.